The molecule has 36 heavy (non-hydrogen) atoms. The number of nitrogens with zero attached hydrogens (tertiary/aromatic N) is 5. The standard InChI is InChI=1S/C28H34BrN5OSi/c1-28(2,3)36(4,5)35-20-21(19-34-16-15-30-27(34)23-9-7-6-8-10-23)17-26-32-25(18-31-33-26)22-11-13-24(29)14-12-22/h6-16,18,21H,17,19-20H2,1-5H3. The minimum absolute atomic E-state index is 0.140. The van der Waals surface area contributed by atoms with E-state index in [0.29, 0.717) is 13.0 Å². The van der Waals surface area contributed by atoms with Gasteiger partial charge < -0.3 is 8.99 Å². The monoisotopic (exact) mass is 563 g/mol. The number of hydrogen-bond donors (Lipinski definition) is 0. The number of imidazole rings is 1. The lowest BCUT2D eigenvalue weighted by molar-refractivity contribution is 0.210. The van der Waals surface area contributed by atoms with Crippen LogP contribution in [0.4, 0.5) is 0 Å². The van der Waals surface area contributed by atoms with Gasteiger partial charge in [-0.2, -0.15) is 5.10 Å². The summed E-state index contributed by atoms with van der Waals surface area (Å²) in [5.74, 6) is 1.84. The molecular formula is C28H34BrN5OSi. The van der Waals surface area contributed by atoms with Crippen LogP contribution >= 0.6 is 15.9 Å². The zero-order chi connectivity index (χ0) is 25.8. The van der Waals surface area contributed by atoms with E-state index in [2.05, 4.69) is 81.7 Å². The first-order chi connectivity index (χ1) is 17.1. The molecule has 0 amide bonds. The topological polar surface area (TPSA) is 65.7 Å². The Hall–Kier alpha value is -2.68. The number of aromatic nitrogens is 5. The summed E-state index contributed by atoms with van der Waals surface area (Å²) in [5.41, 5.74) is 2.94. The molecule has 0 saturated carbocycles. The van der Waals surface area contributed by atoms with Crippen molar-refractivity contribution in [2.75, 3.05) is 6.61 Å². The lowest BCUT2D eigenvalue weighted by atomic mass is 10.1. The van der Waals surface area contributed by atoms with Crippen molar-refractivity contribution in [1.29, 1.82) is 0 Å². The first-order valence-corrected chi connectivity index (χ1v) is 16.0. The van der Waals surface area contributed by atoms with E-state index in [9.17, 15) is 0 Å². The van der Waals surface area contributed by atoms with E-state index in [1.165, 1.54) is 0 Å². The van der Waals surface area contributed by atoms with Crippen molar-refractivity contribution in [2.24, 2.45) is 5.92 Å². The Labute approximate surface area is 223 Å². The summed E-state index contributed by atoms with van der Waals surface area (Å²) >= 11 is 3.50. The van der Waals surface area contributed by atoms with Crippen LogP contribution in [0.2, 0.25) is 18.1 Å². The Bertz CT molecular complexity index is 1270. The maximum atomic E-state index is 6.67. The average Bonchev–Trinajstić information content (AvgIpc) is 3.31. The molecule has 0 aliphatic rings. The van der Waals surface area contributed by atoms with Crippen molar-refractivity contribution >= 4 is 24.2 Å². The van der Waals surface area contributed by atoms with Crippen LogP contribution in [0.25, 0.3) is 22.6 Å². The van der Waals surface area contributed by atoms with Crippen LogP contribution in [0.5, 0.6) is 0 Å². The van der Waals surface area contributed by atoms with E-state index in [-0.39, 0.29) is 11.0 Å². The van der Waals surface area contributed by atoms with Gasteiger partial charge in [0.25, 0.3) is 0 Å². The highest BCUT2D eigenvalue weighted by Crippen LogP contribution is 2.37. The molecule has 4 aromatic rings. The summed E-state index contributed by atoms with van der Waals surface area (Å²) < 4.78 is 9.92. The Morgan fingerprint density at radius 1 is 1.00 bits per heavy atom. The molecule has 0 bridgehead atoms. The van der Waals surface area contributed by atoms with Crippen LogP contribution in [-0.2, 0) is 17.4 Å². The predicted molar refractivity (Wildman–Crippen MR) is 151 cm³/mol. The molecule has 8 heteroatoms. The van der Waals surface area contributed by atoms with Gasteiger partial charge in [-0.15, -0.1) is 5.10 Å². The van der Waals surface area contributed by atoms with E-state index in [4.69, 9.17) is 9.41 Å². The highest BCUT2D eigenvalue weighted by atomic mass is 79.9. The lowest BCUT2D eigenvalue weighted by Crippen LogP contribution is -2.42. The van der Waals surface area contributed by atoms with Gasteiger partial charge in [-0.25, -0.2) is 9.97 Å². The fraction of sp³-hybridized carbons (Fsp3) is 0.357. The molecule has 0 aliphatic carbocycles. The Morgan fingerprint density at radius 3 is 2.42 bits per heavy atom. The molecule has 0 aliphatic heterocycles. The molecule has 188 valence electrons. The van der Waals surface area contributed by atoms with Crippen molar-refractivity contribution in [1.82, 2.24) is 24.7 Å². The smallest absolute Gasteiger partial charge is 0.191 e. The molecule has 0 fully saturated rings. The SMILES string of the molecule is CC(C)(C)[Si](C)(C)OCC(Cc1nncc(-c2ccc(Br)cc2)n1)Cn1ccnc1-c1ccccc1. The molecule has 0 radical (unpaired) electrons. The summed E-state index contributed by atoms with van der Waals surface area (Å²) in [6.45, 7) is 12.8. The van der Waals surface area contributed by atoms with Crippen LogP contribution in [-0.4, -0.2) is 39.7 Å². The minimum Gasteiger partial charge on any atom is -0.416 e. The van der Waals surface area contributed by atoms with Gasteiger partial charge in [0.15, 0.2) is 14.1 Å². The van der Waals surface area contributed by atoms with Gasteiger partial charge in [0.1, 0.15) is 5.82 Å². The van der Waals surface area contributed by atoms with E-state index in [1.54, 1.807) is 6.20 Å². The van der Waals surface area contributed by atoms with Crippen LogP contribution in [0.1, 0.15) is 26.6 Å². The van der Waals surface area contributed by atoms with Crippen molar-refractivity contribution in [3.05, 3.63) is 83.5 Å². The Kier molecular flexibility index (Phi) is 8.17. The molecule has 4 rings (SSSR count). The molecular weight excluding hydrogens is 530 g/mol. The maximum Gasteiger partial charge on any atom is 0.191 e. The second-order valence-electron chi connectivity index (χ2n) is 10.7. The van der Waals surface area contributed by atoms with Gasteiger partial charge in [0.2, 0.25) is 0 Å². The third-order valence-electron chi connectivity index (χ3n) is 6.90. The van der Waals surface area contributed by atoms with Gasteiger partial charge in [0, 0.05) is 53.5 Å². The van der Waals surface area contributed by atoms with Crippen molar-refractivity contribution < 1.29 is 4.43 Å². The second kappa shape index (κ2) is 11.1. The van der Waals surface area contributed by atoms with Gasteiger partial charge in [-0.3, -0.25) is 0 Å². The Morgan fingerprint density at radius 2 is 1.72 bits per heavy atom. The minimum atomic E-state index is -1.92. The third-order valence-corrected chi connectivity index (χ3v) is 11.9. The van der Waals surface area contributed by atoms with Crippen molar-refractivity contribution in [3.8, 4) is 22.6 Å². The van der Waals surface area contributed by atoms with Gasteiger partial charge in [0.05, 0.1) is 11.9 Å². The maximum absolute atomic E-state index is 6.67. The molecule has 1 unspecified atom stereocenters. The molecule has 2 aromatic carbocycles. The lowest BCUT2D eigenvalue weighted by Gasteiger charge is -2.37. The van der Waals surface area contributed by atoms with Crippen LogP contribution in [0.15, 0.2) is 77.7 Å². The van der Waals surface area contributed by atoms with E-state index in [0.717, 1.165) is 39.5 Å². The quantitative estimate of drug-likeness (QED) is 0.204. The highest BCUT2D eigenvalue weighted by molar-refractivity contribution is 9.10. The van der Waals surface area contributed by atoms with Gasteiger partial charge in [-0.1, -0.05) is 79.2 Å². The molecule has 0 saturated heterocycles. The van der Waals surface area contributed by atoms with E-state index >= 15 is 0 Å². The first kappa shape index (κ1) is 26.4. The summed E-state index contributed by atoms with van der Waals surface area (Å²) in [5, 5.41) is 8.80. The predicted octanol–water partition coefficient (Wildman–Crippen LogP) is 7.05. The number of halogens is 1. The number of rotatable bonds is 9. The summed E-state index contributed by atoms with van der Waals surface area (Å²) in [6, 6.07) is 18.4. The van der Waals surface area contributed by atoms with Crippen molar-refractivity contribution in [2.45, 2.75) is 51.9 Å². The number of benzene rings is 2. The molecule has 1 atom stereocenters. The van der Waals surface area contributed by atoms with Gasteiger partial charge in [-0.05, 0) is 30.3 Å². The second-order valence-corrected chi connectivity index (χ2v) is 16.4. The zero-order valence-electron chi connectivity index (χ0n) is 21.6. The normalized spacial score (nSPS) is 13.1. The van der Waals surface area contributed by atoms with Crippen LogP contribution in [0, 0.1) is 5.92 Å². The van der Waals surface area contributed by atoms with E-state index < -0.39 is 8.32 Å². The number of hydrogen-bond acceptors (Lipinski definition) is 5. The molecule has 6 nitrogen and oxygen atoms in total. The largest absolute Gasteiger partial charge is 0.416 e. The fourth-order valence-electron chi connectivity index (χ4n) is 3.75. The molecule has 2 heterocycles. The fourth-order valence-corrected chi connectivity index (χ4v) is 5.10. The average molecular weight is 565 g/mol. The Balaban J connectivity index is 1.59. The van der Waals surface area contributed by atoms with Crippen molar-refractivity contribution in [3.63, 3.8) is 0 Å². The zero-order valence-corrected chi connectivity index (χ0v) is 24.2. The summed E-state index contributed by atoms with van der Waals surface area (Å²) in [6.07, 6.45) is 6.29. The summed E-state index contributed by atoms with van der Waals surface area (Å²) in [4.78, 5) is 9.50. The van der Waals surface area contributed by atoms with Gasteiger partial charge >= 0.3 is 0 Å². The third kappa shape index (κ3) is 6.54. The highest BCUT2D eigenvalue weighted by Gasteiger charge is 2.37. The van der Waals surface area contributed by atoms with Crippen LogP contribution in [0.3, 0.4) is 0 Å². The molecule has 2 aromatic heterocycles. The summed E-state index contributed by atoms with van der Waals surface area (Å²) in [7, 11) is -1.92. The first-order valence-electron chi connectivity index (χ1n) is 12.3. The molecule has 0 N–H and O–H groups in total. The molecule has 0 spiro atoms. The van der Waals surface area contributed by atoms with Crippen LogP contribution < -0.4 is 0 Å². The van der Waals surface area contributed by atoms with E-state index in [1.807, 2.05) is 54.9 Å².